The third-order valence-electron chi connectivity index (χ3n) is 2.58. The molecule has 1 rings (SSSR count). The summed E-state index contributed by atoms with van der Waals surface area (Å²) in [4.78, 5) is 23.1. The highest BCUT2D eigenvalue weighted by Gasteiger charge is 2.33. The van der Waals surface area contributed by atoms with Gasteiger partial charge in [-0.1, -0.05) is 0 Å². The summed E-state index contributed by atoms with van der Waals surface area (Å²) in [5.41, 5.74) is 0.365. The van der Waals surface area contributed by atoms with Crippen LogP contribution >= 0.6 is 12.6 Å². The van der Waals surface area contributed by atoms with Crippen LogP contribution in [-0.2, 0) is 4.79 Å². The molecule has 1 amide bonds. The molecule has 0 saturated carbocycles. The van der Waals surface area contributed by atoms with Crippen molar-refractivity contribution in [2.75, 3.05) is 7.11 Å². The molecule has 0 saturated heterocycles. The van der Waals surface area contributed by atoms with Crippen LogP contribution in [0.3, 0.4) is 0 Å². The molecule has 0 aliphatic rings. The summed E-state index contributed by atoms with van der Waals surface area (Å²) < 4.78 is 4.12. The van der Waals surface area contributed by atoms with Crippen molar-refractivity contribution in [2.45, 2.75) is 24.6 Å². The molecule has 19 heavy (non-hydrogen) atoms. The van der Waals surface area contributed by atoms with Gasteiger partial charge < -0.3 is 15.2 Å². The van der Waals surface area contributed by atoms with Gasteiger partial charge in [0.25, 0.3) is 5.91 Å². The van der Waals surface area contributed by atoms with Gasteiger partial charge in [0, 0.05) is 10.3 Å². The Morgan fingerprint density at radius 3 is 2.21 bits per heavy atom. The van der Waals surface area contributed by atoms with Gasteiger partial charge in [-0.2, -0.15) is 12.6 Å². The third-order valence-corrected chi connectivity index (χ3v) is 2.84. The monoisotopic (exact) mass is 283 g/mol. The number of benzene rings is 1. The fourth-order valence-electron chi connectivity index (χ4n) is 1.50. The van der Waals surface area contributed by atoms with E-state index in [4.69, 9.17) is 9.84 Å². The quantitative estimate of drug-likeness (QED) is 0.717. The molecule has 1 unspecified atom stereocenters. The maximum atomic E-state index is 12.0. The minimum absolute atomic E-state index is 0.365. The molecule has 0 aromatic heterocycles. The average Bonchev–Trinajstić information content (AvgIpc) is 2.34. The summed E-state index contributed by atoms with van der Waals surface area (Å²) in [7, 11) is 1.53. The number of nitrogens with one attached hydrogen (secondary N) is 1. The van der Waals surface area contributed by atoms with Crippen LogP contribution in [0.5, 0.6) is 5.75 Å². The summed E-state index contributed by atoms with van der Waals surface area (Å²) in [6.07, 6.45) is 0. The molecule has 0 spiro atoms. The van der Waals surface area contributed by atoms with Crippen LogP contribution in [0.1, 0.15) is 24.2 Å². The van der Waals surface area contributed by atoms with Crippen molar-refractivity contribution in [1.29, 1.82) is 0 Å². The van der Waals surface area contributed by atoms with E-state index in [1.807, 2.05) is 0 Å². The predicted octanol–water partition coefficient (Wildman–Crippen LogP) is 1.59. The fourth-order valence-corrected chi connectivity index (χ4v) is 1.67. The number of carboxylic acid groups (broad SMARTS) is 1. The van der Waals surface area contributed by atoms with E-state index >= 15 is 0 Å². The zero-order chi connectivity index (χ0) is 14.6. The molecule has 0 heterocycles. The van der Waals surface area contributed by atoms with Crippen molar-refractivity contribution in [1.82, 2.24) is 5.32 Å². The van der Waals surface area contributed by atoms with Crippen molar-refractivity contribution < 1.29 is 19.4 Å². The number of hydrogen-bond acceptors (Lipinski definition) is 4. The van der Waals surface area contributed by atoms with E-state index in [2.05, 4.69) is 17.9 Å². The maximum absolute atomic E-state index is 12.0. The fraction of sp³-hybridized carbons (Fsp3) is 0.385. The van der Waals surface area contributed by atoms with Crippen LogP contribution in [-0.4, -0.2) is 34.9 Å². The molecule has 0 aliphatic carbocycles. The minimum Gasteiger partial charge on any atom is -0.497 e. The van der Waals surface area contributed by atoms with E-state index < -0.39 is 22.7 Å². The highest BCUT2D eigenvalue weighted by Crippen LogP contribution is 2.19. The average molecular weight is 283 g/mol. The van der Waals surface area contributed by atoms with Gasteiger partial charge in [-0.3, -0.25) is 4.79 Å². The van der Waals surface area contributed by atoms with E-state index in [9.17, 15) is 9.59 Å². The van der Waals surface area contributed by atoms with Crippen LogP contribution in [0, 0.1) is 0 Å². The van der Waals surface area contributed by atoms with Gasteiger partial charge in [0.2, 0.25) is 0 Å². The molecule has 2 N–H and O–H groups in total. The SMILES string of the molecule is COc1ccc(C(=O)NC(C(=O)O)C(C)(C)S)cc1. The number of amides is 1. The van der Waals surface area contributed by atoms with Gasteiger partial charge in [0.15, 0.2) is 0 Å². The van der Waals surface area contributed by atoms with Crippen LogP contribution in [0.15, 0.2) is 24.3 Å². The number of ether oxygens (including phenoxy) is 1. The number of rotatable bonds is 5. The molecule has 0 radical (unpaired) electrons. The molecule has 0 fully saturated rings. The molecule has 0 aliphatic heterocycles. The third kappa shape index (κ3) is 4.17. The highest BCUT2D eigenvalue weighted by molar-refractivity contribution is 7.81. The molecule has 0 bridgehead atoms. The first-order valence-corrected chi connectivity index (χ1v) is 6.10. The van der Waals surface area contributed by atoms with Crippen molar-refractivity contribution in [3.63, 3.8) is 0 Å². The largest absolute Gasteiger partial charge is 0.497 e. The van der Waals surface area contributed by atoms with Gasteiger partial charge in [-0.05, 0) is 38.1 Å². The first kappa shape index (κ1) is 15.4. The lowest BCUT2D eigenvalue weighted by atomic mass is 10.0. The molecule has 104 valence electrons. The van der Waals surface area contributed by atoms with Gasteiger partial charge in [-0.25, -0.2) is 4.79 Å². The van der Waals surface area contributed by atoms with Crippen LogP contribution in [0.2, 0.25) is 0 Å². The van der Waals surface area contributed by atoms with Gasteiger partial charge >= 0.3 is 5.97 Å². The summed E-state index contributed by atoms with van der Waals surface area (Å²) in [6.45, 7) is 3.26. The zero-order valence-electron chi connectivity index (χ0n) is 11.0. The Bertz CT molecular complexity index is 465. The number of carboxylic acids is 1. The second-order valence-electron chi connectivity index (χ2n) is 4.63. The molecular formula is C13H17NO4S. The predicted molar refractivity (Wildman–Crippen MR) is 74.9 cm³/mol. The Morgan fingerprint density at radius 2 is 1.84 bits per heavy atom. The first-order chi connectivity index (χ1) is 8.75. The minimum atomic E-state index is -1.12. The maximum Gasteiger partial charge on any atom is 0.327 e. The van der Waals surface area contributed by atoms with E-state index in [0.717, 1.165) is 0 Å². The van der Waals surface area contributed by atoms with E-state index in [-0.39, 0.29) is 0 Å². The highest BCUT2D eigenvalue weighted by atomic mass is 32.1. The van der Waals surface area contributed by atoms with Crippen molar-refractivity contribution >= 4 is 24.5 Å². The van der Waals surface area contributed by atoms with Gasteiger partial charge in [-0.15, -0.1) is 0 Å². The molecule has 1 aromatic rings. The van der Waals surface area contributed by atoms with Crippen molar-refractivity contribution in [3.05, 3.63) is 29.8 Å². The number of aliphatic carboxylic acids is 1. The summed E-state index contributed by atoms with van der Waals surface area (Å²) >= 11 is 4.19. The summed E-state index contributed by atoms with van der Waals surface area (Å²) in [6, 6.07) is 5.33. The van der Waals surface area contributed by atoms with Crippen molar-refractivity contribution in [3.8, 4) is 5.75 Å². The number of carbonyl (C=O) groups excluding carboxylic acids is 1. The van der Waals surface area contributed by atoms with Crippen LogP contribution < -0.4 is 10.1 Å². The van der Waals surface area contributed by atoms with Gasteiger partial charge in [0.05, 0.1) is 7.11 Å². The smallest absolute Gasteiger partial charge is 0.327 e. The Morgan fingerprint density at radius 1 is 1.32 bits per heavy atom. The molecule has 6 heteroatoms. The molecule has 1 aromatic carbocycles. The van der Waals surface area contributed by atoms with E-state index in [1.165, 1.54) is 7.11 Å². The Hall–Kier alpha value is -1.69. The lowest BCUT2D eigenvalue weighted by molar-refractivity contribution is -0.139. The number of thiol groups is 1. The van der Waals surface area contributed by atoms with Crippen molar-refractivity contribution in [2.24, 2.45) is 0 Å². The standard InChI is InChI=1S/C13H17NO4S/c1-13(2,19)10(12(16)17)14-11(15)8-4-6-9(18-3)7-5-8/h4-7,10,19H,1-3H3,(H,14,15)(H,16,17). The summed E-state index contributed by atoms with van der Waals surface area (Å²) in [5.74, 6) is -0.958. The topological polar surface area (TPSA) is 75.6 Å². The Kier molecular flexibility index (Phi) is 4.83. The summed E-state index contributed by atoms with van der Waals surface area (Å²) in [5, 5.41) is 11.6. The molecular weight excluding hydrogens is 266 g/mol. The number of methoxy groups -OCH3 is 1. The van der Waals surface area contributed by atoms with Crippen LogP contribution in [0.4, 0.5) is 0 Å². The van der Waals surface area contributed by atoms with Gasteiger partial charge in [0.1, 0.15) is 11.8 Å². The Balaban J connectivity index is 2.85. The second-order valence-corrected chi connectivity index (χ2v) is 5.78. The lowest BCUT2D eigenvalue weighted by Crippen LogP contribution is -2.51. The molecule has 5 nitrogen and oxygen atoms in total. The first-order valence-electron chi connectivity index (χ1n) is 5.66. The number of hydrogen-bond donors (Lipinski definition) is 3. The van der Waals surface area contributed by atoms with Crippen LogP contribution in [0.25, 0.3) is 0 Å². The second kappa shape index (κ2) is 5.97. The Labute approximate surface area is 117 Å². The normalized spacial score (nSPS) is 12.6. The van der Waals surface area contributed by atoms with E-state index in [1.54, 1.807) is 38.1 Å². The number of carbonyl (C=O) groups is 2. The molecule has 1 atom stereocenters. The van der Waals surface area contributed by atoms with E-state index in [0.29, 0.717) is 11.3 Å². The zero-order valence-corrected chi connectivity index (χ0v) is 11.9. The lowest BCUT2D eigenvalue weighted by Gasteiger charge is -2.26.